The van der Waals surface area contributed by atoms with Gasteiger partial charge in [0.2, 0.25) is 0 Å². The van der Waals surface area contributed by atoms with Crippen LogP contribution in [-0.2, 0) is 4.74 Å². The van der Waals surface area contributed by atoms with Crippen molar-refractivity contribution in [3.8, 4) is 0 Å². The summed E-state index contributed by atoms with van der Waals surface area (Å²) in [5, 5.41) is 0. The molecule has 0 bridgehead atoms. The molecule has 1 aliphatic rings. The maximum absolute atomic E-state index is 5.85. The second kappa shape index (κ2) is 2.27. The standard InChI is InChI=1S/C7H15NO/c1-3-9-6(2)7(8)4-5-7/h6H,3-5,8H2,1-2H3. The smallest absolute Gasteiger partial charge is 0.0726 e. The van der Waals surface area contributed by atoms with Crippen LogP contribution >= 0.6 is 0 Å². The Labute approximate surface area is 56.4 Å². The highest BCUT2D eigenvalue weighted by Crippen LogP contribution is 2.36. The minimum absolute atomic E-state index is 0.0377. The molecule has 1 aliphatic carbocycles. The molecule has 0 amide bonds. The Kier molecular flexibility index (Phi) is 1.78. The summed E-state index contributed by atoms with van der Waals surface area (Å²) in [6.07, 6.45) is 2.52. The van der Waals surface area contributed by atoms with Crippen LogP contribution in [0.4, 0.5) is 0 Å². The Bertz CT molecular complexity index is 99.1. The lowest BCUT2D eigenvalue weighted by atomic mass is 10.2. The molecule has 1 unspecified atom stereocenters. The molecule has 54 valence electrons. The lowest BCUT2D eigenvalue weighted by Gasteiger charge is -2.17. The zero-order chi connectivity index (χ0) is 6.91. The monoisotopic (exact) mass is 129 g/mol. The van der Waals surface area contributed by atoms with Gasteiger partial charge in [0, 0.05) is 12.1 Å². The highest BCUT2D eigenvalue weighted by atomic mass is 16.5. The minimum Gasteiger partial charge on any atom is -0.377 e. The van der Waals surface area contributed by atoms with E-state index in [1.54, 1.807) is 0 Å². The Morgan fingerprint density at radius 2 is 2.22 bits per heavy atom. The molecule has 0 aliphatic heterocycles. The van der Waals surface area contributed by atoms with Crippen LogP contribution in [0.5, 0.6) is 0 Å². The predicted octanol–water partition coefficient (Wildman–Crippen LogP) is 0.903. The van der Waals surface area contributed by atoms with Crippen LogP contribution in [-0.4, -0.2) is 18.2 Å². The highest BCUT2D eigenvalue weighted by molar-refractivity contribution is 5.03. The third-order valence-corrected chi connectivity index (χ3v) is 2.05. The van der Waals surface area contributed by atoms with Crippen molar-refractivity contribution in [2.75, 3.05) is 6.61 Å². The third kappa shape index (κ3) is 1.43. The third-order valence-electron chi connectivity index (χ3n) is 2.05. The summed E-state index contributed by atoms with van der Waals surface area (Å²) in [7, 11) is 0. The molecule has 0 saturated heterocycles. The summed E-state index contributed by atoms with van der Waals surface area (Å²) in [5.74, 6) is 0. The molecule has 9 heavy (non-hydrogen) atoms. The van der Waals surface area contributed by atoms with Gasteiger partial charge in [-0.15, -0.1) is 0 Å². The summed E-state index contributed by atoms with van der Waals surface area (Å²) in [5.41, 5.74) is 5.89. The molecule has 0 aromatic rings. The molecular formula is C7H15NO. The van der Waals surface area contributed by atoms with E-state index in [-0.39, 0.29) is 11.6 Å². The Hall–Kier alpha value is -0.0800. The largest absolute Gasteiger partial charge is 0.377 e. The number of rotatable bonds is 3. The van der Waals surface area contributed by atoms with Crippen LogP contribution in [0.2, 0.25) is 0 Å². The lowest BCUT2D eigenvalue weighted by molar-refractivity contribution is 0.0506. The van der Waals surface area contributed by atoms with Gasteiger partial charge in [0.25, 0.3) is 0 Å². The zero-order valence-corrected chi connectivity index (χ0v) is 6.18. The van der Waals surface area contributed by atoms with Gasteiger partial charge in [0.1, 0.15) is 0 Å². The maximum atomic E-state index is 5.85. The molecule has 1 fully saturated rings. The first-order valence-corrected chi connectivity index (χ1v) is 3.59. The molecule has 2 heteroatoms. The summed E-state index contributed by atoms with van der Waals surface area (Å²) in [4.78, 5) is 0. The van der Waals surface area contributed by atoms with Crippen LogP contribution in [0.1, 0.15) is 26.7 Å². The topological polar surface area (TPSA) is 35.2 Å². The molecule has 1 atom stereocenters. The highest BCUT2D eigenvalue weighted by Gasteiger charge is 2.43. The molecule has 0 spiro atoms. The summed E-state index contributed by atoms with van der Waals surface area (Å²) >= 11 is 0. The molecule has 1 saturated carbocycles. The average molecular weight is 129 g/mol. The first kappa shape index (κ1) is 7.03. The number of hydrogen-bond donors (Lipinski definition) is 1. The molecule has 0 aromatic heterocycles. The maximum Gasteiger partial charge on any atom is 0.0726 e. The lowest BCUT2D eigenvalue weighted by Crippen LogP contribution is -2.36. The average Bonchev–Trinajstić information content (AvgIpc) is 2.50. The Balaban J connectivity index is 2.24. The fourth-order valence-corrected chi connectivity index (χ4v) is 0.967. The molecule has 0 aromatic carbocycles. The molecule has 0 heterocycles. The molecule has 0 radical (unpaired) electrons. The fraction of sp³-hybridized carbons (Fsp3) is 1.00. The van der Waals surface area contributed by atoms with Crippen LogP contribution in [0, 0.1) is 0 Å². The van der Waals surface area contributed by atoms with Crippen molar-refractivity contribution in [2.45, 2.75) is 38.3 Å². The quantitative estimate of drug-likeness (QED) is 0.614. The van der Waals surface area contributed by atoms with Crippen molar-refractivity contribution >= 4 is 0 Å². The van der Waals surface area contributed by atoms with Crippen LogP contribution < -0.4 is 5.73 Å². The van der Waals surface area contributed by atoms with E-state index in [1.807, 2.05) is 6.92 Å². The minimum atomic E-state index is 0.0377. The summed E-state index contributed by atoms with van der Waals surface area (Å²) < 4.78 is 5.34. The van der Waals surface area contributed by atoms with E-state index >= 15 is 0 Å². The van der Waals surface area contributed by atoms with Crippen molar-refractivity contribution in [1.29, 1.82) is 0 Å². The van der Waals surface area contributed by atoms with E-state index < -0.39 is 0 Å². The van der Waals surface area contributed by atoms with E-state index in [0.29, 0.717) is 0 Å². The second-order valence-corrected chi connectivity index (χ2v) is 2.83. The van der Waals surface area contributed by atoms with Crippen molar-refractivity contribution in [1.82, 2.24) is 0 Å². The number of ether oxygens (including phenoxy) is 1. The predicted molar refractivity (Wildman–Crippen MR) is 37.2 cm³/mol. The van der Waals surface area contributed by atoms with Crippen molar-refractivity contribution in [2.24, 2.45) is 5.73 Å². The van der Waals surface area contributed by atoms with Gasteiger partial charge >= 0.3 is 0 Å². The summed E-state index contributed by atoms with van der Waals surface area (Å²) in [6.45, 7) is 4.83. The fourth-order valence-electron chi connectivity index (χ4n) is 0.967. The normalized spacial score (nSPS) is 25.7. The van der Waals surface area contributed by atoms with E-state index in [9.17, 15) is 0 Å². The van der Waals surface area contributed by atoms with Crippen LogP contribution in [0.3, 0.4) is 0 Å². The SMILES string of the molecule is CCOC(C)C1(N)CC1. The van der Waals surface area contributed by atoms with Gasteiger partial charge in [0.15, 0.2) is 0 Å². The van der Waals surface area contributed by atoms with Gasteiger partial charge in [-0.25, -0.2) is 0 Å². The first-order valence-electron chi connectivity index (χ1n) is 3.59. The van der Waals surface area contributed by atoms with Gasteiger partial charge in [-0.3, -0.25) is 0 Å². The van der Waals surface area contributed by atoms with E-state index in [4.69, 9.17) is 10.5 Å². The zero-order valence-electron chi connectivity index (χ0n) is 6.18. The van der Waals surface area contributed by atoms with Gasteiger partial charge in [-0.2, -0.15) is 0 Å². The first-order chi connectivity index (χ1) is 4.19. The number of hydrogen-bond acceptors (Lipinski definition) is 2. The van der Waals surface area contributed by atoms with Crippen molar-refractivity contribution in [3.63, 3.8) is 0 Å². The van der Waals surface area contributed by atoms with Crippen LogP contribution in [0.15, 0.2) is 0 Å². The molecule has 1 rings (SSSR count). The van der Waals surface area contributed by atoms with Gasteiger partial charge in [0.05, 0.1) is 6.10 Å². The van der Waals surface area contributed by atoms with Gasteiger partial charge in [-0.1, -0.05) is 0 Å². The second-order valence-electron chi connectivity index (χ2n) is 2.83. The molecular weight excluding hydrogens is 114 g/mol. The Morgan fingerprint density at radius 1 is 1.67 bits per heavy atom. The molecule has 2 N–H and O–H groups in total. The number of nitrogens with two attached hydrogens (primary N) is 1. The van der Waals surface area contributed by atoms with Gasteiger partial charge < -0.3 is 10.5 Å². The van der Waals surface area contributed by atoms with Crippen molar-refractivity contribution in [3.05, 3.63) is 0 Å². The Morgan fingerprint density at radius 3 is 2.56 bits per heavy atom. The van der Waals surface area contributed by atoms with Crippen molar-refractivity contribution < 1.29 is 4.74 Å². The van der Waals surface area contributed by atoms with E-state index in [0.717, 1.165) is 19.4 Å². The molecule has 2 nitrogen and oxygen atoms in total. The summed E-state index contributed by atoms with van der Waals surface area (Å²) in [6, 6.07) is 0. The van der Waals surface area contributed by atoms with Gasteiger partial charge in [-0.05, 0) is 26.7 Å². The van der Waals surface area contributed by atoms with E-state index in [2.05, 4.69) is 6.92 Å². The van der Waals surface area contributed by atoms with E-state index in [1.165, 1.54) is 0 Å². The van der Waals surface area contributed by atoms with Crippen LogP contribution in [0.25, 0.3) is 0 Å².